The number of carbonyl (C=O) groups excluding carboxylic acids is 1. The van der Waals surface area contributed by atoms with Crippen LogP contribution in [0.15, 0.2) is 0 Å². The van der Waals surface area contributed by atoms with Gasteiger partial charge in [-0.25, -0.2) is 4.79 Å². The van der Waals surface area contributed by atoms with Gasteiger partial charge >= 0.3 is 6.09 Å². The van der Waals surface area contributed by atoms with Crippen LogP contribution in [0.3, 0.4) is 0 Å². The van der Waals surface area contributed by atoms with E-state index in [9.17, 15) is 9.90 Å². The fraction of sp³-hybridized carbons (Fsp3) is 0.875. The highest BCUT2D eigenvalue weighted by Crippen LogP contribution is 2.24. The second-order valence-electron chi connectivity index (χ2n) is 3.30. The van der Waals surface area contributed by atoms with Crippen molar-refractivity contribution in [3.63, 3.8) is 0 Å². The summed E-state index contributed by atoms with van der Waals surface area (Å²) in [6.07, 6.45) is 2.61. The third kappa shape index (κ3) is 3.09. The van der Waals surface area contributed by atoms with Gasteiger partial charge < -0.3 is 15.6 Å². The molecule has 4 nitrogen and oxygen atoms in total. The molecule has 0 radical (unpaired) electrons. The molecular weight excluding hydrogens is 158 g/mol. The maximum atomic E-state index is 10.3. The molecular formula is C8H15NO3. The van der Waals surface area contributed by atoms with Crippen LogP contribution in [0.25, 0.3) is 0 Å². The van der Waals surface area contributed by atoms with Gasteiger partial charge in [0.2, 0.25) is 0 Å². The standard InChI is InChI=1S/C8H15NO3/c9-8(11)12-5-6-1-3-7(10)4-2-6/h6-7,10H,1-5H2,(H2,9,11). The summed E-state index contributed by atoms with van der Waals surface area (Å²) >= 11 is 0. The summed E-state index contributed by atoms with van der Waals surface area (Å²) in [6.45, 7) is 0.405. The Morgan fingerprint density at radius 1 is 1.42 bits per heavy atom. The zero-order chi connectivity index (χ0) is 8.97. The van der Waals surface area contributed by atoms with E-state index in [4.69, 9.17) is 5.73 Å². The van der Waals surface area contributed by atoms with E-state index in [1.807, 2.05) is 0 Å². The summed E-state index contributed by atoms with van der Waals surface area (Å²) in [5, 5.41) is 9.17. The SMILES string of the molecule is NC(=O)OCC1CCC(O)CC1. The lowest BCUT2D eigenvalue weighted by molar-refractivity contribution is 0.0767. The number of rotatable bonds is 2. The van der Waals surface area contributed by atoms with E-state index in [-0.39, 0.29) is 6.10 Å². The molecule has 1 aliphatic rings. The first-order valence-electron chi connectivity index (χ1n) is 4.29. The number of hydrogen-bond acceptors (Lipinski definition) is 3. The molecule has 0 aromatic rings. The Bertz CT molecular complexity index is 152. The van der Waals surface area contributed by atoms with E-state index < -0.39 is 6.09 Å². The van der Waals surface area contributed by atoms with Gasteiger partial charge in [0.05, 0.1) is 12.7 Å². The average molecular weight is 173 g/mol. The molecule has 0 aliphatic heterocycles. The van der Waals surface area contributed by atoms with Gasteiger partial charge in [-0.1, -0.05) is 0 Å². The maximum absolute atomic E-state index is 10.3. The normalized spacial score (nSPS) is 29.8. The molecule has 0 spiro atoms. The molecule has 0 aromatic heterocycles. The van der Waals surface area contributed by atoms with Crippen molar-refractivity contribution in [2.75, 3.05) is 6.61 Å². The van der Waals surface area contributed by atoms with Gasteiger partial charge in [0.15, 0.2) is 0 Å². The van der Waals surface area contributed by atoms with Crippen LogP contribution in [0.4, 0.5) is 4.79 Å². The van der Waals surface area contributed by atoms with Crippen LogP contribution < -0.4 is 5.73 Å². The highest BCUT2D eigenvalue weighted by Gasteiger charge is 2.19. The minimum absolute atomic E-state index is 0.158. The third-order valence-corrected chi connectivity index (χ3v) is 2.28. The van der Waals surface area contributed by atoms with E-state index in [1.165, 1.54) is 0 Å². The number of nitrogens with two attached hydrogens (primary N) is 1. The van der Waals surface area contributed by atoms with Gasteiger partial charge in [0, 0.05) is 0 Å². The Hall–Kier alpha value is -0.770. The topological polar surface area (TPSA) is 72.6 Å². The molecule has 1 saturated carbocycles. The first-order valence-corrected chi connectivity index (χ1v) is 4.29. The lowest BCUT2D eigenvalue weighted by Crippen LogP contribution is -2.24. The summed E-state index contributed by atoms with van der Waals surface area (Å²) in [7, 11) is 0. The first kappa shape index (κ1) is 9.32. The van der Waals surface area contributed by atoms with Gasteiger partial charge in [-0.05, 0) is 31.6 Å². The Morgan fingerprint density at radius 2 is 2.00 bits per heavy atom. The molecule has 0 heterocycles. The maximum Gasteiger partial charge on any atom is 0.404 e. The number of amides is 1. The van der Waals surface area contributed by atoms with Gasteiger partial charge in [0.25, 0.3) is 0 Å². The van der Waals surface area contributed by atoms with Crippen molar-refractivity contribution in [1.82, 2.24) is 0 Å². The van der Waals surface area contributed by atoms with E-state index >= 15 is 0 Å². The van der Waals surface area contributed by atoms with E-state index in [0.29, 0.717) is 12.5 Å². The highest BCUT2D eigenvalue weighted by atomic mass is 16.5. The minimum atomic E-state index is -0.707. The summed E-state index contributed by atoms with van der Waals surface area (Å²) in [4.78, 5) is 10.3. The highest BCUT2D eigenvalue weighted by molar-refractivity contribution is 5.64. The second-order valence-corrected chi connectivity index (χ2v) is 3.30. The van der Waals surface area contributed by atoms with Gasteiger partial charge in [-0.3, -0.25) is 0 Å². The molecule has 3 N–H and O–H groups in total. The van der Waals surface area contributed by atoms with Crippen LogP contribution in [0.1, 0.15) is 25.7 Å². The predicted molar refractivity (Wildman–Crippen MR) is 43.5 cm³/mol. The molecule has 1 aliphatic carbocycles. The zero-order valence-electron chi connectivity index (χ0n) is 7.03. The quantitative estimate of drug-likeness (QED) is 0.643. The smallest absolute Gasteiger partial charge is 0.404 e. The summed E-state index contributed by atoms with van der Waals surface area (Å²) in [5.74, 6) is 0.390. The molecule has 0 atom stereocenters. The van der Waals surface area contributed by atoms with Crippen LogP contribution in [-0.2, 0) is 4.74 Å². The van der Waals surface area contributed by atoms with Crippen molar-refractivity contribution >= 4 is 6.09 Å². The molecule has 0 unspecified atom stereocenters. The lowest BCUT2D eigenvalue weighted by Gasteiger charge is -2.24. The van der Waals surface area contributed by atoms with Crippen molar-refractivity contribution < 1.29 is 14.6 Å². The molecule has 4 heteroatoms. The number of ether oxygens (including phenoxy) is 1. The first-order chi connectivity index (χ1) is 5.68. The summed E-state index contributed by atoms with van der Waals surface area (Å²) < 4.78 is 4.67. The Kier molecular flexibility index (Phi) is 3.34. The fourth-order valence-electron chi connectivity index (χ4n) is 1.51. The molecule has 12 heavy (non-hydrogen) atoms. The summed E-state index contributed by atoms with van der Waals surface area (Å²) in [5.41, 5.74) is 4.83. The molecule has 0 bridgehead atoms. The Labute approximate surface area is 71.7 Å². The molecule has 0 saturated heterocycles. The van der Waals surface area contributed by atoms with Gasteiger partial charge in [0.1, 0.15) is 0 Å². The van der Waals surface area contributed by atoms with E-state index in [0.717, 1.165) is 25.7 Å². The lowest BCUT2D eigenvalue weighted by atomic mass is 9.88. The fourth-order valence-corrected chi connectivity index (χ4v) is 1.51. The van der Waals surface area contributed by atoms with Crippen molar-refractivity contribution in [1.29, 1.82) is 0 Å². The second kappa shape index (κ2) is 4.30. The number of carbonyl (C=O) groups is 1. The number of aliphatic hydroxyl groups is 1. The van der Waals surface area contributed by atoms with Gasteiger partial charge in [-0.15, -0.1) is 0 Å². The molecule has 1 rings (SSSR count). The molecule has 1 fully saturated rings. The molecule has 0 aromatic carbocycles. The Morgan fingerprint density at radius 3 is 2.50 bits per heavy atom. The van der Waals surface area contributed by atoms with Gasteiger partial charge in [-0.2, -0.15) is 0 Å². The third-order valence-electron chi connectivity index (χ3n) is 2.28. The van der Waals surface area contributed by atoms with Crippen LogP contribution >= 0.6 is 0 Å². The van der Waals surface area contributed by atoms with E-state index in [2.05, 4.69) is 4.74 Å². The summed E-state index contributed by atoms with van der Waals surface area (Å²) in [6, 6.07) is 0. The monoisotopic (exact) mass is 173 g/mol. The zero-order valence-corrected chi connectivity index (χ0v) is 7.03. The van der Waals surface area contributed by atoms with Crippen molar-refractivity contribution in [3.8, 4) is 0 Å². The minimum Gasteiger partial charge on any atom is -0.449 e. The predicted octanol–water partition coefficient (Wildman–Crippen LogP) is 0.633. The van der Waals surface area contributed by atoms with Crippen molar-refractivity contribution in [2.24, 2.45) is 11.7 Å². The largest absolute Gasteiger partial charge is 0.449 e. The average Bonchev–Trinajstić information content (AvgIpc) is 2.03. The van der Waals surface area contributed by atoms with Crippen LogP contribution in [-0.4, -0.2) is 23.9 Å². The van der Waals surface area contributed by atoms with Crippen LogP contribution in [0, 0.1) is 5.92 Å². The number of primary amides is 1. The van der Waals surface area contributed by atoms with Crippen LogP contribution in [0.2, 0.25) is 0 Å². The Balaban J connectivity index is 2.13. The van der Waals surface area contributed by atoms with Crippen molar-refractivity contribution in [2.45, 2.75) is 31.8 Å². The molecule has 70 valence electrons. The van der Waals surface area contributed by atoms with Crippen LogP contribution in [0.5, 0.6) is 0 Å². The van der Waals surface area contributed by atoms with Crippen molar-refractivity contribution in [3.05, 3.63) is 0 Å². The number of hydrogen-bond donors (Lipinski definition) is 2. The molecule has 1 amide bonds. The van der Waals surface area contributed by atoms with E-state index in [1.54, 1.807) is 0 Å². The number of aliphatic hydroxyl groups excluding tert-OH is 1.